The summed E-state index contributed by atoms with van der Waals surface area (Å²) in [4.78, 5) is 10.2. The number of hydrogen-bond acceptors (Lipinski definition) is 1. The number of carbonyl (C=O) groups excluding carboxylic acids is 1. The van der Waals surface area contributed by atoms with Crippen molar-refractivity contribution in [2.45, 2.75) is 13.8 Å². The topological polar surface area (TPSA) is 17.1 Å². The Bertz CT molecular complexity index is 221. The van der Waals surface area contributed by atoms with Gasteiger partial charge < -0.3 is 0 Å². The first-order chi connectivity index (χ1) is 5.34. The minimum atomic E-state index is 0.762. The van der Waals surface area contributed by atoms with Crippen LogP contribution in [0.2, 0.25) is 0 Å². The molecule has 11 heavy (non-hydrogen) atoms. The smallest absolute Gasteiger partial charge is 0.151 e. The van der Waals surface area contributed by atoms with Gasteiger partial charge >= 0.3 is 0 Å². The average molecular weight is 262 g/mol. The van der Waals surface area contributed by atoms with Gasteiger partial charge in [-0.1, -0.05) is 32.0 Å². The number of halogens is 1. The molecule has 0 radical (unpaired) electrons. The van der Waals surface area contributed by atoms with Crippen LogP contribution in [-0.2, 0) is 0 Å². The van der Waals surface area contributed by atoms with E-state index in [0.717, 1.165) is 15.4 Å². The quantitative estimate of drug-likeness (QED) is 0.561. The van der Waals surface area contributed by atoms with E-state index in [1.54, 1.807) is 6.07 Å². The minimum absolute atomic E-state index is 0.762. The van der Waals surface area contributed by atoms with Crippen molar-refractivity contribution in [3.8, 4) is 0 Å². The zero-order valence-corrected chi connectivity index (χ0v) is 8.83. The first-order valence-electron chi connectivity index (χ1n) is 3.54. The van der Waals surface area contributed by atoms with E-state index in [0.29, 0.717) is 0 Å². The summed E-state index contributed by atoms with van der Waals surface area (Å²) >= 11 is 2.13. The maximum atomic E-state index is 10.2. The van der Waals surface area contributed by atoms with Crippen LogP contribution in [-0.4, -0.2) is 6.29 Å². The Morgan fingerprint density at radius 3 is 2.18 bits per heavy atom. The highest BCUT2D eigenvalue weighted by Crippen LogP contribution is 2.07. The maximum absolute atomic E-state index is 10.2. The van der Waals surface area contributed by atoms with Gasteiger partial charge in [0.25, 0.3) is 0 Å². The van der Waals surface area contributed by atoms with Crippen LogP contribution in [0.1, 0.15) is 24.2 Å². The van der Waals surface area contributed by atoms with Crippen LogP contribution in [0, 0.1) is 3.57 Å². The first kappa shape index (κ1) is 10.6. The fourth-order valence-corrected chi connectivity index (χ4v) is 1.09. The highest BCUT2D eigenvalue weighted by atomic mass is 127. The summed E-state index contributed by atoms with van der Waals surface area (Å²) in [5.74, 6) is 0. The molecule has 1 aromatic carbocycles. The van der Waals surface area contributed by atoms with Crippen LogP contribution >= 0.6 is 22.6 Å². The molecule has 0 atom stereocenters. The largest absolute Gasteiger partial charge is 0.298 e. The third-order valence-electron chi connectivity index (χ3n) is 1.03. The average Bonchev–Trinajstić information content (AvgIpc) is 2.09. The van der Waals surface area contributed by atoms with E-state index < -0.39 is 0 Å². The van der Waals surface area contributed by atoms with E-state index in [9.17, 15) is 4.79 Å². The molecule has 0 saturated carbocycles. The predicted octanol–water partition coefficient (Wildman–Crippen LogP) is 3.13. The van der Waals surface area contributed by atoms with Crippen LogP contribution in [0.4, 0.5) is 0 Å². The molecule has 1 aromatic rings. The number of benzene rings is 1. The monoisotopic (exact) mass is 262 g/mol. The highest BCUT2D eigenvalue weighted by Gasteiger charge is 1.91. The number of hydrogen-bond donors (Lipinski definition) is 0. The van der Waals surface area contributed by atoms with Gasteiger partial charge in [0, 0.05) is 9.13 Å². The third kappa shape index (κ3) is 3.51. The summed E-state index contributed by atoms with van der Waals surface area (Å²) in [6, 6.07) is 7.47. The molecule has 0 amide bonds. The van der Waals surface area contributed by atoms with E-state index in [1.165, 1.54) is 0 Å². The summed E-state index contributed by atoms with van der Waals surface area (Å²) in [7, 11) is 0. The molecule has 0 aliphatic carbocycles. The lowest BCUT2D eigenvalue weighted by Crippen LogP contribution is -1.81. The van der Waals surface area contributed by atoms with Crippen molar-refractivity contribution in [2.24, 2.45) is 0 Å². The Hall–Kier alpha value is -0.380. The van der Waals surface area contributed by atoms with Gasteiger partial charge in [0.05, 0.1) is 0 Å². The van der Waals surface area contributed by atoms with E-state index in [1.807, 2.05) is 32.0 Å². The summed E-state index contributed by atoms with van der Waals surface area (Å²) < 4.78 is 1.00. The molecule has 0 N–H and O–H groups in total. The van der Waals surface area contributed by atoms with Crippen LogP contribution in [0.25, 0.3) is 0 Å². The predicted molar refractivity (Wildman–Crippen MR) is 55.9 cm³/mol. The summed E-state index contributed by atoms with van der Waals surface area (Å²) in [6.45, 7) is 4.00. The lowest BCUT2D eigenvalue weighted by Gasteiger charge is -1.90. The van der Waals surface area contributed by atoms with Crippen molar-refractivity contribution < 1.29 is 4.79 Å². The molecule has 60 valence electrons. The Morgan fingerprint density at radius 2 is 1.82 bits per heavy atom. The molecular formula is C9H11IO. The zero-order chi connectivity index (χ0) is 8.69. The van der Waals surface area contributed by atoms with E-state index in [-0.39, 0.29) is 0 Å². The number of carbonyl (C=O) groups is 1. The van der Waals surface area contributed by atoms with Gasteiger partial charge in [-0.3, -0.25) is 4.79 Å². The summed E-state index contributed by atoms with van der Waals surface area (Å²) in [6.07, 6.45) is 0.863. The van der Waals surface area contributed by atoms with E-state index in [2.05, 4.69) is 22.6 Å². The van der Waals surface area contributed by atoms with Gasteiger partial charge in [-0.2, -0.15) is 0 Å². The third-order valence-corrected chi connectivity index (χ3v) is 2.01. The fourth-order valence-electron chi connectivity index (χ4n) is 0.571. The zero-order valence-electron chi connectivity index (χ0n) is 6.67. The first-order valence-corrected chi connectivity index (χ1v) is 4.62. The molecule has 1 nitrogen and oxygen atoms in total. The van der Waals surface area contributed by atoms with Crippen molar-refractivity contribution >= 4 is 28.9 Å². The van der Waals surface area contributed by atoms with Crippen LogP contribution in [0.3, 0.4) is 0 Å². The molecule has 2 heteroatoms. The summed E-state index contributed by atoms with van der Waals surface area (Å²) in [5.41, 5.74) is 0.762. The molecule has 0 unspecified atom stereocenters. The molecule has 0 heterocycles. The Balaban J connectivity index is 0.000000461. The lowest BCUT2D eigenvalue weighted by atomic mass is 10.2. The van der Waals surface area contributed by atoms with Gasteiger partial charge in [-0.05, 0) is 28.7 Å². The van der Waals surface area contributed by atoms with Crippen molar-refractivity contribution in [2.75, 3.05) is 0 Å². The minimum Gasteiger partial charge on any atom is -0.298 e. The Morgan fingerprint density at radius 1 is 1.27 bits per heavy atom. The summed E-state index contributed by atoms with van der Waals surface area (Å²) in [5, 5.41) is 0. The molecule has 0 aromatic heterocycles. The van der Waals surface area contributed by atoms with Crippen LogP contribution in [0.15, 0.2) is 24.3 Å². The lowest BCUT2D eigenvalue weighted by molar-refractivity contribution is 0.112. The molecule has 0 aliphatic rings. The molecule has 0 aliphatic heterocycles. The second-order valence-electron chi connectivity index (χ2n) is 1.64. The van der Waals surface area contributed by atoms with E-state index in [4.69, 9.17) is 0 Å². The van der Waals surface area contributed by atoms with Crippen molar-refractivity contribution in [1.82, 2.24) is 0 Å². The normalized spacial score (nSPS) is 7.91. The maximum Gasteiger partial charge on any atom is 0.151 e. The van der Waals surface area contributed by atoms with Gasteiger partial charge in [-0.25, -0.2) is 0 Å². The molecule has 0 saturated heterocycles. The number of aldehydes is 1. The van der Waals surface area contributed by atoms with Gasteiger partial charge in [-0.15, -0.1) is 0 Å². The molecule has 1 rings (SSSR count). The van der Waals surface area contributed by atoms with Crippen molar-refractivity contribution in [1.29, 1.82) is 0 Å². The second kappa shape index (κ2) is 6.34. The number of rotatable bonds is 1. The standard InChI is InChI=1S/C7H5IO.C2H6/c8-7-4-2-1-3-6(7)5-9;1-2/h1-5H;1-2H3. The highest BCUT2D eigenvalue weighted by molar-refractivity contribution is 14.1. The van der Waals surface area contributed by atoms with Gasteiger partial charge in [0.15, 0.2) is 6.29 Å². The second-order valence-corrected chi connectivity index (χ2v) is 2.80. The Labute approximate surface area is 81.0 Å². The molecule has 0 bridgehead atoms. The van der Waals surface area contributed by atoms with Gasteiger partial charge in [0.1, 0.15) is 0 Å². The fraction of sp³-hybridized carbons (Fsp3) is 0.222. The SMILES string of the molecule is CC.O=Cc1ccccc1I. The van der Waals surface area contributed by atoms with Crippen molar-refractivity contribution in [3.05, 3.63) is 33.4 Å². The van der Waals surface area contributed by atoms with Crippen molar-refractivity contribution in [3.63, 3.8) is 0 Å². The van der Waals surface area contributed by atoms with E-state index >= 15 is 0 Å². The van der Waals surface area contributed by atoms with Crippen LogP contribution < -0.4 is 0 Å². The molecule has 0 fully saturated rings. The van der Waals surface area contributed by atoms with Crippen LogP contribution in [0.5, 0.6) is 0 Å². The molecular weight excluding hydrogens is 251 g/mol. The molecule has 0 spiro atoms. The van der Waals surface area contributed by atoms with Gasteiger partial charge in [0.2, 0.25) is 0 Å². The Kier molecular flexibility index (Phi) is 6.12.